The van der Waals surface area contributed by atoms with Crippen LogP contribution in [0.2, 0.25) is 0 Å². The summed E-state index contributed by atoms with van der Waals surface area (Å²) in [5, 5.41) is 11.3. The molecule has 1 aromatic rings. The van der Waals surface area contributed by atoms with E-state index in [1.54, 1.807) is 0 Å². The van der Waals surface area contributed by atoms with Gasteiger partial charge in [-0.25, -0.2) is 5.84 Å². The quantitative estimate of drug-likeness (QED) is 0.412. The first kappa shape index (κ1) is 12.5. The van der Waals surface area contributed by atoms with Crippen molar-refractivity contribution in [3.8, 4) is 0 Å². The molecule has 0 radical (unpaired) electrons. The van der Waals surface area contributed by atoms with Crippen molar-refractivity contribution >= 4 is 17.2 Å². The number of carbonyl (C=O) groups is 1. The fraction of sp³-hybridized carbons (Fsp3) is 0.545. The van der Waals surface area contributed by atoms with Gasteiger partial charge in [-0.2, -0.15) is 0 Å². The summed E-state index contributed by atoms with van der Waals surface area (Å²) in [6.07, 6.45) is 1.45. The van der Waals surface area contributed by atoms with Crippen molar-refractivity contribution < 1.29 is 9.90 Å². The average Bonchev–Trinajstić information content (AvgIpc) is 2.79. The Morgan fingerprint density at radius 2 is 2.29 bits per heavy atom. The van der Waals surface area contributed by atoms with Crippen LogP contribution in [0, 0.1) is 0 Å². The molecule has 1 saturated heterocycles. The molecule has 0 aliphatic carbocycles. The predicted molar refractivity (Wildman–Crippen MR) is 66.5 cm³/mol. The molecule has 6 heteroatoms. The van der Waals surface area contributed by atoms with Crippen molar-refractivity contribution in [2.24, 2.45) is 5.84 Å². The summed E-state index contributed by atoms with van der Waals surface area (Å²) in [7, 11) is 0. The number of nitrogens with two attached hydrogens (primary N) is 1. The molecule has 0 unspecified atom stereocenters. The van der Waals surface area contributed by atoms with Crippen LogP contribution in [0.1, 0.15) is 28.1 Å². The molecule has 17 heavy (non-hydrogen) atoms. The SMILES string of the molecule is NNC(=O)c1sccc1CN1CCC(O)CC1. The Morgan fingerprint density at radius 3 is 2.94 bits per heavy atom. The summed E-state index contributed by atoms with van der Waals surface area (Å²) in [5.41, 5.74) is 3.17. The van der Waals surface area contributed by atoms with E-state index in [4.69, 9.17) is 5.84 Å². The highest BCUT2D eigenvalue weighted by molar-refractivity contribution is 7.12. The van der Waals surface area contributed by atoms with Crippen LogP contribution in [0.3, 0.4) is 0 Å². The average molecular weight is 255 g/mol. The number of rotatable bonds is 3. The van der Waals surface area contributed by atoms with Crippen molar-refractivity contribution in [3.63, 3.8) is 0 Å². The van der Waals surface area contributed by atoms with Crippen molar-refractivity contribution in [3.05, 3.63) is 21.9 Å². The van der Waals surface area contributed by atoms with Gasteiger partial charge in [0.1, 0.15) is 0 Å². The zero-order chi connectivity index (χ0) is 12.3. The number of thiophene rings is 1. The first-order valence-electron chi connectivity index (χ1n) is 5.68. The van der Waals surface area contributed by atoms with Gasteiger partial charge >= 0.3 is 0 Å². The summed E-state index contributed by atoms with van der Waals surface area (Å²) in [6.45, 7) is 2.50. The molecule has 0 bridgehead atoms. The molecule has 1 aliphatic rings. The van der Waals surface area contributed by atoms with E-state index >= 15 is 0 Å². The second-order valence-electron chi connectivity index (χ2n) is 4.26. The van der Waals surface area contributed by atoms with Crippen molar-refractivity contribution in [1.82, 2.24) is 10.3 Å². The largest absolute Gasteiger partial charge is 0.393 e. The fourth-order valence-corrected chi connectivity index (χ4v) is 2.86. The van der Waals surface area contributed by atoms with E-state index in [1.165, 1.54) is 11.3 Å². The molecule has 1 fully saturated rings. The van der Waals surface area contributed by atoms with Crippen molar-refractivity contribution in [2.45, 2.75) is 25.5 Å². The third-order valence-corrected chi connectivity index (χ3v) is 3.99. The third-order valence-electron chi connectivity index (χ3n) is 3.04. The number of aliphatic hydroxyl groups excluding tert-OH is 1. The Labute approximate surface area is 104 Å². The van der Waals surface area contributed by atoms with Gasteiger partial charge in [-0.05, 0) is 29.9 Å². The van der Waals surface area contributed by atoms with Gasteiger partial charge < -0.3 is 5.11 Å². The van der Waals surface area contributed by atoms with Crippen LogP contribution >= 0.6 is 11.3 Å². The number of likely N-dealkylation sites (tertiary alicyclic amines) is 1. The number of amides is 1. The number of hydrazine groups is 1. The molecule has 1 aromatic heterocycles. The van der Waals surface area contributed by atoms with E-state index in [-0.39, 0.29) is 12.0 Å². The molecular formula is C11H17N3O2S. The van der Waals surface area contributed by atoms with Gasteiger partial charge in [-0.15, -0.1) is 11.3 Å². The normalized spacial score (nSPS) is 18.2. The maximum absolute atomic E-state index is 11.5. The molecule has 1 aliphatic heterocycles. The molecule has 4 N–H and O–H groups in total. The topological polar surface area (TPSA) is 78.6 Å². The number of aliphatic hydroxyl groups is 1. The lowest BCUT2D eigenvalue weighted by atomic mass is 10.1. The number of nitrogen functional groups attached to an aromatic ring is 1. The number of carbonyl (C=O) groups excluding carboxylic acids is 1. The predicted octanol–water partition coefficient (Wildman–Crippen LogP) is 0.308. The van der Waals surface area contributed by atoms with Gasteiger partial charge in [0.25, 0.3) is 5.91 Å². The zero-order valence-electron chi connectivity index (χ0n) is 9.56. The Bertz CT molecular complexity index is 386. The summed E-state index contributed by atoms with van der Waals surface area (Å²) >= 11 is 1.40. The monoisotopic (exact) mass is 255 g/mol. The van der Waals surface area contributed by atoms with Crippen LogP contribution in [0.5, 0.6) is 0 Å². The second-order valence-corrected chi connectivity index (χ2v) is 5.17. The highest BCUT2D eigenvalue weighted by atomic mass is 32.1. The summed E-state index contributed by atoms with van der Waals surface area (Å²) in [6, 6.07) is 1.96. The minimum Gasteiger partial charge on any atom is -0.393 e. The molecule has 1 amide bonds. The highest BCUT2D eigenvalue weighted by Gasteiger charge is 2.19. The van der Waals surface area contributed by atoms with Crippen LogP contribution in [0.4, 0.5) is 0 Å². The lowest BCUT2D eigenvalue weighted by molar-refractivity contribution is 0.0787. The molecule has 94 valence electrons. The minimum atomic E-state index is -0.230. The van der Waals surface area contributed by atoms with Crippen LogP contribution < -0.4 is 11.3 Å². The van der Waals surface area contributed by atoms with E-state index in [0.29, 0.717) is 4.88 Å². The minimum absolute atomic E-state index is 0.166. The summed E-state index contributed by atoms with van der Waals surface area (Å²) in [4.78, 5) is 14.4. The van der Waals surface area contributed by atoms with Crippen LogP contribution in [0.15, 0.2) is 11.4 Å². The fourth-order valence-electron chi connectivity index (χ4n) is 2.04. The molecular weight excluding hydrogens is 238 g/mol. The maximum Gasteiger partial charge on any atom is 0.275 e. The molecule has 0 aromatic carbocycles. The van der Waals surface area contributed by atoms with Crippen LogP contribution in [0.25, 0.3) is 0 Å². The second kappa shape index (κ2) is 5.59. The van der Waals surface area contributed by atoms with E-state index < -0.39 is 0 Å². The number of nitrogens with one attached hydrogen (secondary N) is 1. The van der Waals surface area contributed by atoms with Gasteiger partial charge in [-0.1, -0.05) is 0 Å². The standard InChI is InChI=1S/C11H17N3O2S/c12-13-11(16)10-8(3-6-17-10)7-14-4-1-9(15)2-5-14/h3,6,9,15H,1-2,4-5,7,12H2,(H,13,16). The van der Waals surface area contributed by atoms with E-state index in [1.807, 2.05) is 11.4 Å². The van der Waals surface area contributed by atoms with Gasteiger partial charge in [0.15, 0.2) is 0 Å². The number of hydrogen-bond donors (Lipinski definition) is 3. The van der Waals surface area contributed by atoms with E-state index in [9.17, 15) is 9.90 Å². The Morgan fingerprint density at radius 1 is 1.59 bits per heavy atom. The van der Waals surface area contributed by atoms with E-state index in [0.717, 1.165) is 38.0 Å². The number of piperidine rings is 1. The van der Waals surface area contributed by atoms with Crippen LogP contribution in [-0.2, 0) is 6.54 Å². The zero-order valence-corrected chi connectivity index (χ0v) is 10.4. The van der Waals surface area contributed by atoms with Crippen molar-refractivity contribution in [2.75, 3.05) is 13.1 Å². The first-order chi connectivity index (χ1) is 8.20. The molecule has 0 saturated carbocycles. The molecule has 2 rings (SSSR count). The van der Waals surface area contributed by atoms with Gasteiger partial charge in [-0.3, -0.25) is 15.1 Å². The molecule has 5 nitrogen and oxygen atoms in total. The van der Waals surface area contributed by atoms with Crippen molar-refractivity contribution in [1.29, 1.82) is 0 Å². The van der Waals surface area contributed by atoms with Gasteiger partial charge in [0.2, 0.25) is 0 Å². The summed E-state index contributed by atoms with van der Waals surface area (Å²) in [5.74, 6) is 4.91. The summed E-state index contributed by atoms with van der Waals surface area (Å²) < 4.78 is 0. The van der Waals surface area contributed by atoms with Gasteiger partial charge in [0.05, 0.1) is 11.0 Å². The Balaban J connectivity index is 1.99. The Hall–Kier alpha value is -0.950. The third kappa shape index (κ3) is 3.04. The lowest BCUT2D eigenvalue weighted by Crippen LogP contribution is -2.36. The first-order valence-corrected chi connectivity index (χ1v) is 6.56. The number of hydrogen-bond acceptors (Lipinski definition) is 5. The lowest BCUT2D eigenvalue weighted by Gasteiger charge is -2.29. The van der Waals surface area contributed by atoms with E-state index in [2.05, 4.69) is 10.3 Å². The highest BCUT2D eigenvalue weighted by Crippen LogP contribution is 2.20. The maximum atomic E-state index is 11.5. The van der Waals surface area contributed by atoms with Gasteiger partial charge in [0, 0.05) is 19.6 Å². The molecule has 0 atom stereocenters. The smallest absolute Gasteiger partial charge is 0.275 e. The number of nitrogens with zero attached hydrogens (tertiary/aromatic N) is 1. The molecule has 0 spiro atoms. The van der Waals surface area contributed by atoms with Crippen LogP contribution in [-0.4, -0.2) is 35.1 Å². The Kier molecular flexibility index (Phi) is 4.11. The molecule has 2 heterocycles.